The van der Waals surface area contributed by atoms with Gasteiger partial charge < -0.3 is 10.1 Å². The summed E-state index contributed by atoms with van der Waals surface area (Å²) in [4.78, 5) is 13.0. The molecule has 1 fully saturated rings. The summed E-state index contributed by atoms with van der Waals surface area (Å²) >= 11 is 0. The van der Waals surface area contributed by atoms with Crippen molar-refractivity contribution in [2.45, 2.75) is 38.1 Å². The van der Waals surface area contributed by atoms with Crippen molar-refractivity contribution in [3.05, 3.63) is 64.7 Å². The number of hydrogen-bond acceptors (Lipinski definition) is 4. The summed E-state index contributed by atoms with van der Waals surface area (Å²) in [5.41, 5.74) is 3.35. The number of amides is 1. The van der Waals surface area contributed by atoms with Crippen LogP contribution in [0.25, 0.3) is 0 Å². The number of aryl methyl sites for hydroxylation is 2. The first-order valence-electron chi connectivity index (χ1n) is 9.91. The van der Waals surface area contributed by atoms with Gasteiger partial charge >= 0.3 is 0 Å². The van der Waals surface area contributed by atoms with Gasteiger partial charge in [0.2, 0.25) is 10.0 Å². The number of sulfonamides is 1. The van der Waals surface area contributed by atoms with Crippen molar-refractivity contribution in [2.75, 3.05) is 26.3 Å². The van der Waals surface area contributed by atoms with Gasteiger partial charge in [-0.15, -0.1) is 0 Å². The standard InChI is InChI=1S/C22H28N2O4S/c1-4-18-6-8-19(9-7-18)17(3)23-22(25)21-15-20(10-5-16(21)2)29(26,27)24-11-13-28-14-12-24/h5-10,15,17H,4,11-14H2,1-3H3,(H,23,25)/t17-/m0/s1. The van der Waals surface area contributed by atoms with Gasteiger partial charge in [0.05, 0.1) is 24.2 Å². The molecule has 0 radical (unpaired) electrons. The smallest absolute Gasteiger partial charge is 0.252 e. The monoisotopic (exact) mass is 416 g/mol. The van der Waals surface area contributed by atoms with Crippen molar-refractivity contribution < 1.29 is 17.9 Å². The van der Waals surface area contributed by atoms with Crippen LogP contribution in [0, 0.1) is 6.92 Å². The fraction of sp³-hybridized carbons (Fsp3) is 0.409. The third kappa shape index (κ3) is 4.86. The highest BCUT2D eigenvalue weighted by Gasteiger charge is 2.27. The van der Waals surface area contributed by atoms with Crippen molar-refractivity contribution in [2.24, 2.45) is 0 Å². The molecule has 0 aliphatic carbocycles. The predicted octanol–water partition coefficient (Wildman–Crippen LogP) is 3.07. The van der Waals surface area contributed by atoms with E-state index in [1.54, 1.807) is 19.1 Å². The molecule has 0 bridgehead atoms. The highest BCUT2D eigenvalue weighted by Crippen LogP contribution is 2.22. The Hall–Kier alpha value is -2.22. The van der Waals surface area contributed by atoms with E-state index in [1.165, 1.54) is 15.9 Å². The number of rotatable bonds is 6. The second kappa shape index (κ2) is 9.07. The number of benzene rings is 2. The van der Waals surface area contributed by atoms with Crippen LogP contribution in [0.1, 0.15) is 46.9 Å². The van der Waals surface area contributed by atoms with Gasteiger partial charge in [0.25, 0.3) is 5.91 Å². The van der Waals surface area contributed by atoms with Gasteiger partial charge in [-0.2, -0.15) is 4.31 Å². The molecular formula is C22H28N2O4S. The highest BCUT2D eigenvalue weighted by atomic mass is 32.2. The average molecular weight is 417 g/mol. The molecule has 0 saturated carbocycles. The second-order valence-corrected chi connectivity index (χ2v) is 9.22. The van der Waals surface area contributed by atoms with Gasteiger partial charge in [-0.1, -0.05) is 37.3 Å². The first-order chi connectivity index (χ1) is 13.8. The Bertz CT molecular complexity index is 965. The fourth-order valence-corrected chi connectivity index (χ4v) is 4.78. The number of carbonyl (C=O) groups is 1. The van der Waals surface area contributed by atoms with E-state index in [0.717, 1.165) is 17.5 Å². The van der Waals surface area contributed by atoms with Crippen LogP contribution in [0.5, 0.6) is 0 Å². The summed E-state index contributed by atoms with van der Waals surface area (Å²) in [6, 6.07) is 12.7. The summed E-state index contributed by atoms with van der Waals surface area (Å²) < 4.78 is 32.5. The molecule has 29 heavy (non-hydrogen) atoms. The zero-order valence-corrected chi connectivity index (χ0v) is 18.0. The maximum atomic E-state index is 12.9. The Morgan fingerprint density at radius 3 is 2.41 bits per heavy atom. The molecular weight excluding hydrogens is 388 g/mol. The van der Waals surface area contributed by atoms with E-state index in [0.29, 0.717) is 31.9 Å². The van der Waals surface area contributed by atoms with Crippen LogP contribution in [-0.4, -0.2) is 44.9 Å². The quantitative estimate of drug-likeness (QED) is 0.785. The van der Waals surface area contributed by atoms with Gasteiger partial charge in [0.1, 0.15) is 0 Å². The number of carbonyl (C=O) groups excluding carboxylic acids is 1. The number of morpholine rings is 1. The molecule has 2 aromatic rings. The van der Waals surface area contributed by atoms with E-state index in [9.17, 15) is 13.2 Å². The molecule has 1 heterocycles. The summed E-state index contributed by atoms with van der Waals surface area (Å²) in [6.07, 6.45) is 0.963. The minimum atomic E-state index is -3.65. The lowest BCUT2D eigenvalue weighted by atomic mass is 10.0. The maximum Gasteiger partial charge on any atom is 0.252 e. The van der Waals surface area contributed by atoms with Crippen LogP contribution in [0.15, 0.2) is 47.4 Å². The zero-order valence-electron chi connectivity index (χ0n) is 17.1. The highest BCUT2D eigenvalue weighted by molar-refractivity contribution is 7.89. The van der Waals surface area contributed by atoms with Crippen LogP contribution in [0.3, 0.4) is 0 Å². The number of nitrogens with zero attached hydrogens (tertiary/aromatic N) is 1. The van der Waals surface area contributed by atoms with E-state index >= 15 is 0 Å². The summed E-state index contributed by atoms with van der Waals surface area (Å²) in [6.45, 7) is 7.23. The SMILES string of the molecule is CCc1ccc([C@H](C)NC(=O)c2cc(S(=O)(=O)N3CCOCC3)ccc2C)cc1. The van der Waals surface area contributed by atoms with E-state index in [-0.39, 0.29) is 16.8 Å². The number of nitrogens with one attached hydrogen (secondary N) is 1. The third-order valence-electron chi connectivity index (χ3n) is 5.30. The molecule has 1 amide bonds. The molecule has 3 rings (SSSR count). The lowest BCUT2D eigenvalue weighted by Crippen LogP contribution is -2.40. The molecule has 7 heteroatoms. The first-order valence-corrected chi connectivity index (χ1v) is 11.3. The molecule has 2 aromatic carbocycles. The van der Waals surface area contributed by atoms with Crippen LogP contribution >= 0.6 is 0 Å². The molecule has 0 aromatic heterocycles. The van der Waals surface area contributed by atoms with Crippen molar-refractivity contribution in [3.8, 4) is 0 Å². The molecule has 1 aliphatic rings. The molecule has 1 saturated heterocycles. The van der Waals surface area contributed by atoms with Crippen molar-refractivity contribution in [1.29, 1.82) is 0 Å². The van der Waals surface area contributed by atoms with Crippen molar-refractivity contribution >= 4 is 15.9 Å². The first kappa shape index (κ1) is 21.5. The largest absolute Gasteiger partial charge is 0.379 e. The maximum absolute atomic E-state index is 12.9. The fourth-order valence-electron chi connectivity index (χ4n) is 3.34. The summed E-state index contributed by atoms with van der Waals surface area (Å²) in [7, 11) is -3.65. The average Bonchev–Trinajstić information content (AvgIpc) is 2.74. The van der Waals surface area contributed by atoms with E-state index < -0.39 is 10.0 Å². The Morgan fingerprint density at radius 1 is 1.14 bits per heavy atom. The summed E-state index contributed by atoms with van der Waals surface area (Å²) in [5, 5.41) is 2.98. The van der Waals surface area contributed by atoms with Gasteiger partial charge in [0, 0.05) is 18.7 Å². The number of ether oxygens (including phenoxy) is 1. The lowest BCUT2D eigenvalue weighted by Gasteiger charge is -2.26. The van der Waals surface area contributed by atoms with Crippen LogP contribution in [-0.2, 0) is 21.2 Å². The van der Waals surface area contributed by atoms with Gasteiger partial charge in [-0.3, -0.25) is 4.79 Å². The molecule has 0 unspecified atom stereocenters. The Kier molecular flexibility index (Phi) is 6.72. The van der Waals surface area contributed by atoms with E-state index in [2.05, 4.69) is 24.4 Å². The lowest BCUT2D eigenvalue weighted by molar-refractivity contribution is 0.0730. The van der Waals surface area contributed by atoms with Gasteiger partial charge in [-0.25, -0.2) is 8.42 Å². The Morgan fingerprint density at radius 2 is 1.79 bits per heavy atom. The van der Waals surface area contributed by atoms with Crippen LogP contribution in [0.2, 0.25) is 0 Å². The normalized spacial score (nSPS) is 16.4. The van der Waals surface area contributed by atoms with Crippen molar-refractivity contribution in [1.82, 2.24) is 9.62 Å². The number of hydrogen-bond donors (Lipinski definition) is 1. The minimum absolute atomic E-state index is 0.134. The van der Waals surface area contributed by atoms with Crippen LogP contribution < -0.4 is 5.32 Å². The van der Waals surface area contributed by atoms with Crippen molar-refractivity contribution in [3.63, 3.8) is 0 Å². The van der Waals surface area contributed by atoms with Gasteiger partial charge in [0.15, 0.2) is 0 Å². The zero-order chi connectivity index (χ0) is 21.0. The van der Waals surface area contributed by atoms with E-state index in [1.807, 2.05) is 19.1 Å². The Balaban J connectivity index is 1.80. The molecule has 6 nitrogen and oxygen atoms in total. The summed E-state index contributed by atoms with van der Waals surface area (Å²) in [5.74, 6) is -0.284. The second-order valence-electron chi connectivity index (χ2n) is 7.28. The Labute approximate surface area is 172 Å². The minimum Gasteiger partial charge on any atom is -0.379 e. The molecule has 1 atom stereocenters. The van der Waals surface area contributed by atoms with Crippen LogP contribution in [0.4, 0.5) is 0 Å². The van der Waals surface area contributed by atoms with Gasteiger partial charge in [-0.05, 0) is 49.1 Å². The topological polar surface area (TPSA) is 75.7 Å². The molecule has 156 valence electrons. The van der Waals surface area contributed by atoms with E-state index in [4.69, 9.17) is 4.74 Å². The molecule has 1 aliphatic heterocycles. The third-order valence-corrected chi connectivity index (χ3v) is 7.19. The molecule has 0 spiro atoms. The predicted molar refractivity (Wildman–Crippen MR) is 112 cm³/mol. The molecule has 1 N–H and O–H groups in total.